The molecule has 1 N–H and O–H groups in total. The van der Waals surface area contributed by atoms with Crippen molar-refractivity contribution in [1.29, 1.82) is 0 Å². The zero-order valence-electron chi connectivity index (χ0n) is 11.1. The normalized spacial score (nSPS) is 25.6. The van der Waals surface area contributed by atoms with Gasteiger partial charge in [-0.15, -0.1) is 0 Å². The summed E-state index contributed by atoms with van der Waals surface area (Å²) in [6.45, 7) is 6.70. The van der Waals surface area contributed by atoms with Crippen LogP contribution in [0.1, 0.15) is 31.9 Å². The molecule has 94 valence electrons. The second-order valence-corrected chi connectivity index (χ2v) is 5.32. The van der Waals surface area contributed by atoms with Gasteiger partial charge in [0.25, 0.3) is 0 Å². The highest BCUT2D eigenvalue weighted by molar-refractivity contribution is 5.16. The largest absolute Gasteiger partial charge is 0.314 e. The van der Waals surface area contributed by atoms with Gasteiger partial charge in [0, 0.05) is 31.0 Å². The summed E-state index contributed by atoms with van der Waals surface area (Å²) in [5.74, 6) is 0.701. The fourth-order valence-electron chi connectivity index (χ4n) is 2.70. The van der Waals surface area contributed by atoms with Crippen LogP contribution >= 0.6 is 0 Å². The molecular formula is C14H23N3. The molecule has 17 heavy (non-hydrogen) atoms. The van der Waals surface area contributed by atoms with Crippen molar-refractivity contribution >= 4 is 0 Å². The molecule has 3 nitrogen and oxygen atoms in total. The molecule has 1 aliphatic heterocycles. The topological polar surface area (TPSA) is 28.2 Å². The number of nitrogens with one attached hydrogen (secondary N) is 1. The minimum Gasteiger partial charge on any atom is -0.314 e. The van der Waals surface area contributed by atoms with Crippen molar-refractivity contribution in [3.63, 3.8) is 0 Å². The van der Waals surface area contributed by atoms with Gasteiger partial charge in [0.2, 0.25) is 0 Å². The number of pyridine rings is 1. The summed E-state index contributed by atoms with van der Waals surface area (Å²) >= 11 is 0. The van der Waals surface area contributed by atoms with Gasteiger partial charge in [-0.2, -0.15) is 0 Å². The van der Waals surface area contributed by atoms with Crippen molar-refractivity contribution in [3.8, 4) is 0 Å². The number of hydrogen-bond donors (Lipinski definition) is 1. The number of aromatic nitrogens is 1. The van der Waals surface area contributed by atoms with Crippen LogP contribution in [0.2, 0.25) is 0 Å². The van der Waals surface area contributed by atoms with Gasteiger partial charge >= 0.3 is 0 Å². The molecule has 3 heteroatoms. The zero-order chi connectivity index (χ0) is 12.3. The van der Waals surface area contributed by atoms with Crippen LogP contribution in [0.15, 0.2) is 24.5 Å². The Bertz CT molecular complexity index is 337. The maximum atomic E-state index is 4.25. The summed E-state index contributed by atoms with van der Waals surface area (Å²) in [4.78, 5) is 6.69. The SMILES string of the molecule is CC(C)NCC1CCN(C)C1c1cccnc1. The Kier molecular flexibility index (Phi) is 4.13. The van der Waals surface area contributed by atoms with Crippen molar-refractivity contribution in [3.05, 3.63) is 30.1 Å². The fourth-order valence-corrected chi connectivity index (χ4v) is 2.70. The third-order valence-corrected chi connectivity index (χ3v) is 3.59. The molecule has 2 rings (SSSR count). The van der Waals surface area contributed by atoms with Crippen LogP contribution in [0.5, 0.6) is 0 Å². The monoisotopic (exact) mass is 233 g/mol. The fraction of sp³-hybridized carbons (Fsp3) is 0.643. The van der Waals surface area contributed by atoms with Crippen molar-refractivity contribution in [2.24, 2.45) is 5.92 Å². The highest BCUT2D eigenvalue weighted by Crippen LogP contribution is 2.35. The lowest BCUT2D eigenvalue weighted by molar-refractivity contribution is 0.269. The first kappa shape index (κ1) is 12.5. The Morgan fingerprint density at radius 2 is 2.35 bits per heavy atom. The third kappa shape index (κ3) is 3.05. The van der Waals surface area contributed by atoms with E-state index in [4.69, 9.17) is 0 Å². The third-order valence-electron chi connectivity index (χ3n) is 3.59. The molecule has 1 saturated heterocycles. The lowest BCUT2D eigenvalue weighted by Crippen LogP contribution is -2.32. The number of likely N-dealkylation sites (tertiary alicyclic amines) is 1. The number of nitrogens with zero attached hydrogens (tertiary/aromatic N) is 2. The molecule has 1 aliphatic rings. The van der Waals surface area contributed by atoms with Gasteiger partial charge in [0.1, 0.15) is 0 Å². The number of hydrogen-bond acceptors (Lipinski definition) is 3. The highest BCUT2D eigenvalue weighted by atomic mass is 15.2. The summed E-state index contributed by atoms with van der Waals surface area (Å²) in [5.41, 5.74) is 1.35. The molecule has 0 bridgehead atoms. The van der Waals surface area contributed by atoms with E-state index in [1.165, 1.54) is 18.5 Å². The summed E-state index contributed by atoms with van der Waals surface area (Å²) < 4.78 is 0. The average molecular weight is 233 g/mol. The molecule has 0 aromatic carbocycles. The quantitative estimate of drug-likeness (QED) is 0.863. The first-order valence-corrected chi connectivity index (χ1v) is 6.52. The second kappa shape index (κ2) is 5.61. The zero-order valence-corrected chi connectivity index (χ0v) is 11.1. The first-order chi connectivity index (χ1) is 8.18. The minimum atomic E-state index is 0.523. The van der Waals surface area contributed by atoms with E-state index in [0.717, 1.165) is 6.54 Å². The van der Waals surface area contributed by atoms with Gasteiger partial charge in [0.15, 0.2) is 0 Å². The molecule has 0 aliphatic carbocycles. The Morgan fingerprint density at radius 3 is 3.00 bits per heavy atom. The summed E-state index contributed by atoms with van der Waals surface area (Å²) in [5, 5.41) is 3.56. The predicted octanol–water partition coefficient (Wildman–Crippen LogP) is 2.07. The highest BCUT2D eigenvalue weighted by Gasteiger charge is 2.32. The molecule has 0 amide bonds. The maximum Gasteiger partial charge on any atom is 0.0401 e. The molecule has 1 aromatic heterocycles. The predicted molar refractivity (Wildman–Crippen MR) is 70.9 cm³/mol. The van der Waals surface area contributed by atoms with Gasteiger partial charge < -0.3 is 5.32 Å². The lowest BCUT2D eigenvalue weighted by atomic mass is 9.94. The van der Waals surface area contributed by atoms with Crippen LogP contribution in [-0.2, 0) is 0 Å². The Hall–Kier alpha value is -0.930. The summed E-state index contributed by atoms with van der Waals surface area (Å²) in [6.07, 6.45) is 5.13. The van der Waals surface area contributed by atoms with E-state index in [2.05, 4.69) is 42.2 Å². The maximum absolute atomic E-state index is 4.25. The Balaban J connectivity index is 2.07. The molecule has 2 atom stereocenters. The molecule has 0 radical (unpaired) electrons. The van der Waals surface area contributed by atoms with Gasteiger partial charge in [-0.05, 0) is 37.6 Å². The van der Waals surface area contributed by atoms with Crippen molar-refractivity contribution in [1.82, 2.24) is 15.2 Å². The first-order valence-electron chi connectivity index (χ1n) is 6.52. The molecule has 1 fully saturated rings. The van der Waals surface area contributed by atoms with Crippen LogP contribution in [0, 0.1) is 5.92 Å². The molecular weight excluding hydrogens is 210 g/mol. The Labute approximate surface area is 104 Å². The van der Waals surface area contributed by atoms with Crippen LogP contribution < -0.4 is 5.32 Å². The van der Waals surface area contributed by atoms with Crippen LogP contribution in [0.3, 0.4) is 0 Å². The second-order valence-electron chi connectivity index (χ2n) is 5.32. The van der Waals surface area contributed by atoms with E-state index in [0.29, 0.717) is 18.0 Å². The molecule has 0 saturated carbocycles. The van der Waals surface area contributed by atoms with E-state index in [1.54, 1.807) is 0 Å². The molecule has 2 heterocycles. The standard InChI is InChI=1S/C14H23N3/c1-11(2)16-10-13-6-8-17(3)14(13)12-5-4-7-15-9-12/h4-5,7,9,11,13-14,16H,6,8,10H2,1-3H3. The van der Waals surface area contributed by atoms with Crippen LogP contribution in [-0.4, -0.2) is 36.1 Å². The molecule has 0 spiro atoms. The van der Waals surface area contributed by atoms with Crippen LogP contribution in [0.25, 0.3) is 0 Å². The van der Waals surface area contributed by atoms with Gasteiger partial charge in [-0.3, -0.25) is 9.88 Å². The Morgan fingerprint density at radius 1 is 1.53 bits per heavy atom. The smallest absolute Gasteiger partial charge is 0.0401 e. The van der Waals surface area contributed by atoms with Gasteiger partial charge in [0.05, 0.1) is 0 Å². The van der Waals surface area contributed by atoms with E-state index >= 15 is 0 Å². The molecule has 2 unspecified atom stereocenters. The van der Waals surface area contributed by atoms with Crippen molar-refractivity contribution in [2.75, 3.05) is 20.1 Å². The van der Waals surface area contributed by atoms with Gasteiger partial charge in [-0.1, -0.05) is 19.9 Å². The number of rotatable bonds is 4. The van der Waals surface area contributed by atoms with E-state index < -0.39 is 0 Å². The van der Waals surface area contributed by atoms with Crippen LogP contribution in [0.4, 0.5) is 0 Å². The minimum absolute atomic E-state index is 0.523. The summed E-state index contributed by atoms with van der Waals surface area (Å²) in [6, 6.07) is 5.32. The average Bonchev–Trinajstić information content (AvgIpc) is 2.69. The van der Waals surface area contributed by atoms with Gasteiger partial charge in [-0.25, -0.2) is 0 Å². The van der Waals surface area contributed by atoms with Crippen molar-refractivity contribution < 1.29 is 0 Å². The van der Waals surface area contributed by atoms with E-state index in [-0.39, 0.29) is 0 Å². The lowest BCUT2D eigenvalue weighted by Gasteiger charge is -2.26. The van der Waals surface area contributed by atoms with E-state index in [1.807, 2.05) is 18.5 Å². The van der Waals surface area contributed by atoms with E-state index in [9.17, 15) is 0 Å². The summed E-state index contributed by atoms with van der Waals surface area (Å²) in [7, 11) is 2.22. The van der Waals surface area contributed by atoms with Crippen molar-refractivity contribution in [2.45, 2.75) is 32.4 Å². The molecule has 1 aromatic rings.